The highest BCUT2D eigenvalue weighted by Gasteiger charge is 2.29. The summed E-state index contributed by atoms with van der Waals surface area (Å²) in [5.41, 5.74) is 2.89. The number of aromatic amines is 1. The summed E-state index contributed by atoms with van der Waals surface area (Å²) < 4.78 is 0. The molecule has 2 N–H and O–H groups in total. The van der Waals surface area contributed by atoms with Crippen LogP contribution in [-0.2, 0) is 12.0 Å². The second-order valence-corrected chi connectivity index (χ2v) is 7.44. The van der Waals surface area contributed by atoms with Gasteiger partial charge in [0, 0.05) is 30.7 Å². The SMILES string of the molecule is CN(Cc1cc(C(C)(C)C)n[nH]1)CC1(C)CCNC1. The van der Waals surface area contributed by atoms with Gasteiger partial charge in [-0.05, 0) is 31.5 Å². The van der Waals surface area contributed by atoms with Crippen molar-refractivity contribution in [3.63, 3.8) is 0 Å². The van der Waals surface area contributed by atoms with Crippen LogP contribution in [0.25, 0.3) is 0 Å². The van der Waals surface area contributed by atoms with E-state index in [2.05, 4.69) is 61.2 Å². The Labute approximate surface area is 117 Å². The van der Waals surface area contributed by atoms with Crippen molar-refractivity contribution in [2.75, 3.05) is 26.7 Å². The summed E-state index contributed by atoms with van der Waals surface area (Å²) >= 11 is 0. The number of nitrogens with one attached hydrogen (secondary N) is 2. The molecule has 19 heavy (non-hydrogen) atoms. The van der Waals surface area contributed by atoms with Crippen LogP contribution in [0.4, 0.5) is 0 Å². The van der Waals surface area contributed by atoms with Gasteiger partial charge in [0.1, 0.15) is 0 Å². The van der Waals surface area contributed by atoms with E-state index >= 15 is 0 Å². The molecule has 1 aromatic rings. The molecule has 1 atom stereocenters. The van der Waals surface area contributed by atoms with E-state index in [0.29, 0.717) is 5.41 Å². The number of rotatable bonds is 4. The molecular weight excluding hydrogens is 236 g/mol. The molecule has 2 heterocycles. The first kappa shape index (κ1) is 14.5. The zero-order chi connectivity index (χ0) is 14.1. The molecule has 4 nitrogen and oxygen atoms in total. The fraction of sp³-hybridized carbons (Fsp3) is 0.800. The Kier molecular flexibility index (Phi) is 4.02. The second kappa shape index (κ2) is 5.25. The van der Waals surface area contributed by atoms with Gasteiger partial charge >= 0.3 is 0 Å². The van der Waals surface area contributed by atoms with Crippen molar-refractivity contribution in [1.82, 2.24) is 20.4 Å². The van der Waals surface area contributed by atoms with Crippen LogP contribution in [0.15, 0.2) is 6.07 Å². The van der Waals surface area contributed by atoms with Gasteiger partial charge in [-0.3, -0.25) is 10.00 Å². The van der Waals surface area contributed by atoms with Crippen molar-refractivity contribution in [3.8, 4) is 0 Å². The molecule has 2 rings (SSSR count). The summed E-state index contributed by atoms with van der Waals surface area (Å²) in [6.45, 7) is 13.3. The van der Waals surface area contributed by atoms with E-state index in [1.54, 1.807) is 0 Å². The Hall–Kier alpha value is -0.870. The smallest absolute Gasteiger partial charge is 0.0678 e. The van der Waals surface area contributed by atoms with Gasteiger partial charge in [-0.1, -0.05) is 27.7 Å². The molecule has 0 aromatic carbocycles. The molecule has 1 unspecified atom stereocenters. The second-order valence-electron chi connectivity index (χ2n) is 7.44. The summed E-state index contributed by atoms with van der Waals surface area (Å²) in [5.74, 6) is 0. The van der Waals surface area contributed by atoms with Crippen molar-refractivity contribution < 1.29 is 0 Å². The summed E-state index contributed by atoms with van der Waals surface area (Å²) in [7, 11) is 2.20. The average Bonchev–Trinajstić information content (AvgIpc) is 2.86. The van der Waals surface area contributed by atoms with Crippen LogP contribution < -0.4 is 5.32 Å². The fourth-order valence-electron chi connectivity index (χ4n) is 2.83. The van der Waals surface area contributed by atoms with Crippen LogP contribution in [0.5, 0.6) is 0 Å². The van der Waals surface area contributed by atoms with Gasteiger partial charge in [-0.15, -0.1) is 0 Å². The van der Waals surface area contributed by atoms with E-state index in [4.69, 9.17) is 0 Å². The lowest BCUT2D eigenvalue weighted by Crippen LogP contribution is -2.34. The molecule has 4 heteroatoms. The highest BCUT2D eigenvalue weighted by molar-refractivity contribution is 5.16. The largest absolute Gasteiger partial charge is 0.316 e. The van der Waals surface area contributed by atoms with Crippen LogP contribution in [0, 0.1) is 5.41 Å². The van der Waals surface area contributed by atoms with E-state index in [-0.39, 0.29) is 5.41 Å². The lowest BCUT2D eigenvalue weighted by molar-refractivity contribution is 0.202. The normalized spacial score (nSPS) is 24.3. The monoisotopic (exact) mass is 264 g/mol. The van der Waals surface area contributed by atoms with Crippen molar-refractivity contribution in [3.05, 3.63) is 17.5 Å². The molecule has 108 valence electrons. The van der Waals surface area contributed by atoms with Gasteiger partial charge in [0.25, 0.3) is 0 Å². The molecule has 1 aliphatic rings. The zero-order valence-corrected chi connectivity index (χ0v) is 13.0. The molecule has 0 aliphatic carbocycles. The Bertz CT molecular complexity index is 410. The van der Waals surface area contributed by atoms with Gasteiger partial charge in [-0.25, -0.2) is 0 Å². The maximum absolute atomic E-state index is 4.43. The summed E-state index contributed by atoms with van der Waals surface area (Å²) in [6.07, 6.45) is 1.27. The molecule has 1 fully saturated rings. The Morgan fingerprint density at radius 1 is 1.42 bits per heavy atom. The molecule has 1 saturated heterocycles. The van der Waals surface area contributed by atoms with Crippen molar-refractivity contribution in [1.29, 1.82) is 0 Å². The molecular formula is C15H28N4. The first-order valence-electron chi connectivity index (χ1n) is 7.23. The maximum atomic E-state index is 4.43. The number of hydrogen-bond donors (Lipinski definition) is 2. The first-order valence-corrected chi connectivity index (χ1v) is 7.23. The van der Waals surface area contributed by atoms with Gasteiger partial charge in [0.15, 0.2) is 0 Å². The fourth-order valence-corrected chi connectivity index (χ4v) is 2.83. The van der Waals surface area contributed by atoms with Gasteiger partial charge in [0.05, 0.1) is 5.69 Å². The van der Waals surface area contributed by atoms with Crippen LogP contribution in [-0.4, -0.2) is 41.8 Å². The third-order valence-electron chi connectivity index (χ3n) is 3.95. The summed E-state index contributed by atoms with van der Waals surface area (Å²) in [4.78, 5) is 2.40. The molecule has 0 spiro atoms. The molecule has 0 radical (unpaired) electrons. The van der Waals surface area contributed by atoms with Crippen LogP contribution >= 0.6 is 0 Å². The van der Waals surface area contributed by atoms with Crippen LogP contribution in [0.2, 0.25) is 0 Å². The molecule has 1 aromatic heterocycles. The van der Waals surface area contributed by atoms with Crippen molar-refractivity contribution in [2.45, 2.75) is 46.1 Å². The average molecular weight is 264 g/mol. The summed E-state index contributed by atoms with van der Waals surface area (Å²) in [6, 6.07) is 2.20. The highest BCUT2D eigenvalue weighted by Crippen LogP contribution is 2.26. The van der Waals surface area contributed by atoms with Crippen molar-refractivity contribution in [2.24, 2.45) is 5.41 Å². The molecule has 0 bridgehead atoms. The molecule has 0 saturated carbocycles. The minimum absolute atomic E-state index is 0.120. The minimum Gasteiger partial charge on any atom is -0.316 e. The Morgan fingerprint density at radius 2 is 2.16 bits per heavy atom. The number of H-pyrrole nitrogens is 1. The number of aromatic nitrogens is 2. The standard InChI is InChI=1S/C15H28N4/c1-14(2,3)13-8-12(17-18-13)9-19(5)11-15(4)6-7-16-10-15/h8,16H,6-7,9-11H2,1-5H3,(H,17,18). The van der Waals surface area contributed by atoms with E-state index in [0.717, 1.165) is 31.9 Å². The lowest BCUT2D eigenvalue weighted by Gasteiger charge is -2.28. The van der Waals surface area contributed by atoms with Gasteiger partial charge < -0.3 is 5.32 Å². The maximum Gasteiger partial charge on any atom is 0.0678 e. The van der Waals surface area contributed by atoms with Crippen molar-refractivity contribution >= 4 is 0 Å². The highest BCUT2D eigenvalue weighted by atomic mass is 15.2. The first-order chi connectivity index (χ1) is 8.78. The Balaban J connectivity index is 1.92. The summed E-state index contributed by atoms with van der Waals surface area (Å²) in [5, 5.41) is 11.1. The topological polar surface area (TPSA) is 44.0 Å². The zero-order valence-electron chi connectivity index (χ0n) is 13.0. The van der Waals surface area contributed by atoms with E-state index < -0.39 is 0 Å². The lowest BCUT2D eigenvalue weighted by atomic mass is 9.89. The Morgan fingerprint density at radius 3 is 2.68 bits per heavy atom. The minimum atomic E-state index is 0.120. The van der Waals surface area contributed by atoms with E-state index in [9.17, 15) is 0 Å². The quantitative estimate of drug-likeness (QED) is 0.875. The van der Waals surface area contributed by atoms with Gasteiger partial charge in [-0.2, -0.15) is 5.10 Å². The third-order valence-corrected chi connectivity index (χ3v) is 3.95. The molecule has 1 aliphatic heterocycles. The van der Waals surface area contributed by atoms with Crippen LogP contribution in [0.1, 0.15) is 45.5 Å². The predicted molar refractivity (Wildman–Crippen MR) is 79.2 cm³/mol. The predicted octanol–water partition coefficient (Wildman–Crippen LogP) is 2.14. The van der Waals surface area contributed by atoms with Crippen LogP contribution in [0.3, 0.4) is 0 Å². The van der Waals surface area contributed by atoms with Gasteiger partial charge in [0.2, 0.25) is 0 Å². The van der Waals surface area contributed by atoms with E-state index in [1.807, 2.05) is 0 Å². The van der Waals surface area contributed by atoms with E-state index in [1.165, 1.54) is 12.1 Å². The third kappa shape index (κ3) is 3.80. The molecule has 0 amide bonds. The number of hydrogen-bond acceptors (Lipinski definition) is 3. The number of nitrogens with zero attached hydrogens (tertiary/aromatic N) is 2.